The van der Waals surface area contributed by atoms with E-state index in [-0.39, 0.29) is 5.91 Å². The third-order valence-electron chi connectivity index (χ3n) is 3.42. The third-order valence-corrected chi connectivity index (χ3v) is 4.31. The van der Waals surface area contributed by atoms with Crippen LogP contribution < -0.4 is 5.32 Å². The molecule has 1 aromatic carbocycles. The van der Waals surface area contributed by atoms with Crippen molar-refractivity contribution >= 4 is 22.8 Å². The second-order valence-corrected chi connectivity index (χ2v) is 5.76. The van der Waals surface area contributed by atoms with Gasteiger partial charge < -0.3 is 5.32 Å². The second-order valence-electron chi connectivity index (χ2n) is 4.68. The van der Waals surface area contributed by atoms with Crippen molar-refractivity contribution in [2.75, 3.05) is 12.3 Å². The van der Waals surface area contributed by atoms with Gasteiger partial charge in [-0.25, -0.2) is 0 Å². The first-order chi connectivity index (χ1) is 8.83. The Bertz CT molecular complexity index is 511. The zero-order chi connectivity index (χ0) is 12.4. The van der Waals surface area contributed by atoms with E-state index in [1.807, 2.05) is 12.1 Å². The molecule has 2 aliphatic rings. The van der Waals surface area contributed by atoms with E-state index in [2.05, 4.69) is 16.4 Å². The summed E-state index contributed by atoms with van der Waals surface area (Å²) in [6, 6.07) is 6.08. The van der Waals surface area contributed by atoms with E-state index in [0.29, 0.717) is 0 Å². The molecular formula is C14H16N2OS. The number of hydrogen-bond acceptors (Lipinski definition) is 3. The van der Waals surface area contributed by atoms with Crippen molar-refractivity contribution in [1.29, 1.82) is 0 Å². The first kappa shape index (κ1) is 11.8. The molecule has 4 heteroatoms. The van der Waals surface area contributed by atoms with Gasteiger partial charge in [-0.05, 0) is 48.9 Å². The van der Waals surface area contributed by atoms with E-state index in [1.165, 1.54) is 24.0 Å². The van der Waals surface area contributed by atoms with Crippen LogP contribution in [0.3, 0.4) is 0 Å². The number of aliphatic imine (C=N–C) groups is 1. The van der Waals surface area contributed by atoms with Gasteiger partial charge in [-0.3, -0.25) is 9.79 Å². The maximum Gasteiger partial charge on any atom is 0.257 e. The molecule has 1 amide bonds. The number of carbonyl (C=O) groups is 1. The van der Waals surface area contributed by atoms with E-state index >= 15 is 0 Å². The summed E-state index contributed by atoms with van der Waals surface area (Å²) < 4.78 is 0. The van der Waals surface area contributed by atoms with Gasteiger partial charge >= 0.3 is 0 Å². The number of benzene rings is 1. The molecule has 1 aliphatic carbocycles. The third kappa shape index (κ3) is 2.43. The Balaban J connectivity index is 1.77. The minimum absolute atomic E-state index is 0.0310. The molecule has 0 atom stereocenters. The molecule has 18 heavy (non-hydrogen) atoms. The summed E-state index contributed by atoms with van der Waals surface area (Å²) >= 11 is 1.61. The van der Waals surface area contributed by atoms with Crippen molar-refractivity contribution in [3.8, 4) is 0 Å². The van der Waals surface area contributed by atoms with E-state index in [1.54, 1.807) is 11.8 Å². The summed E-state index contributed by atoms with van der Waals surface area (Å²) in [6.45, 7) is 0.810. The number of amides is 1. The van der Waals surface area contributed by atoms with Crippen LogP contribution in [0, 0.1) is 0 Å². The number of nitrogens with zero attached hydrogens (tertiary/aromatic N) is 1. The first-order valence-corrected chi connectivity index (χ1v) is 7.42. The quantitative estimate of drug-likeness (QED) is 0.842. The van der Waals surface area contributed by atoms with Crippen LogP contribution in [0.4, 0.5) is 0 Å². The monoisotopic (exact) mass is 260 g/mol. The van der Waals surface area contributed by atoms with E-state index < -0.39 is 0 Å². The molecule has 0 unspecified atom stereocenters. The lowest BCUT2D eigenvalue weighted by atomic mass is 9.90. The molecule has 0 fully saturated rings. The number of amidine groups is 1. The summed E-state index contributed by atoms with van der Waals surface area (Å²) in [4.78, 5) is 16.3. The topological polar surface area (TPSA) is 41.5 Å². The van der Waals surface area contributed by atoms with Gasteiger partial charge in [0.25, 0.3) is 5.91 Å². The SMILES string of the molecule is O=C(NC1=NCCS1)c1ccc2c(c1)CCCC2. The summed E-state index contributed by atoms with van der Waals surface area (Å²) in [7, 11) is 0. The highest BCUT2D eigenvalue weighted by atomic mass is 32.2. The molecular weight excluding hydrogens is 244 g/mol. The number of aryl methyl sites for hydroxylation is 2. The van der Waals surface area contributed by atoms with E-state index in [0.717, 1.165) is 35.9 Å². The molecule has 1 aromatic rings. The lowest BCUT2D eigenvalue weighted by Crippen LogP contribution is -2.27. The molecule has 94 valence electrons. The molecule has 0 saturated heterocycles. The van der Waals surface area contributed by atoms with Crippen LogP contribution >= 0.6 is 11.8 Å². The summed E-state index contributed by atoms with van der Waals surface area (Å²) in [5.74, 6) is 0.941. The van der Waals surface area contributed by atoms with Crippen LogP contribution in [0.25, 0.3) is 0 Å². The molecule has 0 saturated carbocycles. The highest BCUT2D eigenvalue weighted by molar-refractivity contribution is 8.14. The van der Waals surface area contributed by atoms with Crippen LogP contribution in [0.1, 0.15) is 34.3 Å². The van der Waals surface area contributed by atoms with E-state index in [4.69, 9.17) is 0 Å². The molecule has 3 rings (SSSR count). The second kappa shape index (κ2) is 5.14. The Morgan fingerprint density at radius 1 is 1.22 bits per heavy atom. The molecule has 0 spiro atoms. The first-order valence-electron chi connectivity index (χ1n) is 6.43. The lowest BCUT2D eigenvalue weighted by molar-refractivity contribution is 0.0978. The number of rotatable bonds is 1. The van der Waals surface area contributed by atoms with Gasteiger partial charge in [0.15, 0.2) is 5.17 Å². The average molecular weight is 260 g/mol. The molecule has 1 N–H and O–H groups in total. The Labute approximate surface area is 111 Å². The predicted molar refractivity (Wildman–Crippen MR) is 75.3 cm³/mol. The van der Waals surface area contributed by atoms with Crippen LogP contribution in [-0.2, 0) is 12.8 Å². The van der Waals surface area contributed by atoms with Crippen LogP contribution in [-0.4, -0.2) is 23.4 Å². The van der Waals surface area contributed by atoms with Crippen LogP contribution in [0.5, 0.6) is 0 Å². The summed E-state index contributed by atoms with van der Waals surface area (Å²) in [6.07, 6.45) is 4.76. The van der Waals surface area contributed by atoms with Gasteiger partial charge in [-0.15, -0.1) is 0 Å². The lowest BCUT2D eigenvalue weighted by Gasteiger charge is -2.16. The average Bonchev–Trinajstić information content (AvgIpc) is 2.91. The maximum absolute atomic E-state index is 12.1. The zero-order valence-corrected chi connectivity index (χ0v) is 11.1. The smallest absolute Gasteiger partial charge is 0.257 e. The highest BCUT2D eigenvalue weighted by Crippen LogP contribution is 2.22. The minimum atomic E-state index is -0.0310. The van der Waals surface area contributed by atoms with Crippen molar-refractivity contribution in [3.05, 3.63) is 34.9 Å². The van der Waals surface area contributed by atoms with Gasteiger partial charge in [-0.1, -0.05) is 17.8 Å². The highest BCUT2D eigenvalue weighted by Gasteiger charge is 2.15. The Morgan fingerprint density at radius 3 is 2.83 bits per heavy atom. The Hall–Kier alpha value is -1.29. The zero-order valence-electron chi connectivity index (χ0n) is 10.2. The van der Waals surface area contributed by atoms with Crippen LogP contribution in [0.15, 0.2) is 23.2 Å². The van der Waals surface area contributed by atoms with Gasteiger partial charge in [0.2, 0.25) is 0 Å². The molecule has 0 radical (unpaired) electrons. The van der Waals surface area contributed by atoms with Crippen molar-refractivity contribution in [2.45, 2.75) is 25.7 Å². The molecule has 1 aliphatic heterocycles. The van der Waals surface area contributed by atoms with Crippen molar-refractivity contribution in [3.63, 3.8) is 0 Å². The van der Waals surface area contributed by atoms with Crippen molar-refractivity contribution in [2.24, 2.45) is 4.99 Å². The molecule has 1 heterocycles. The summed E-state index contributed by atoms with van der Waals surface area (Å²) in [5.41, 5.74) is 3.51. The summed E-state index contributed by atoms with van der Waals surface area (Å²) in [5, 5.41) is 3.64. The fourth-order valence-electron chi connectivity index (χ4n) is 2.45. The molecule has 3 nitrogen and oxygen atoms in total. The van der Waals surface area contributed by atoms with Gasteiger partial charge in [0.1, 0.15) is 0 Å². The predicted octanol–water partition coefficient (Wildman–Crippen LogP) is 2.40. The minimum Gasteiger partial charge on any atom is -0.301 e. The fraction of sp³-hybridized carbons (Fsp3) is 0.429. The Morgan fingerprint density at radius 2 is 2.06 bits per heavy atom. The number of fused-ring (bicyclic) bond motifs is 1. The largest absolute Gasteiger partial charge is 0.301 e. The van der Waals surface area contributed by atoms with Crippen molar-refractivity contribution in [1.82, 2.24) is 5.32 Å². The molecule has 0 bridgehead atoms. The van der Waals surface area contributed by atoms with Gasteiger partial charge in [-0.2, -0.15) is 0 Å². The maximum atomic E-state index is 12.1. The normalized spacial score (nSPS) is 18.1. The van der Waals surface area contributed by atoms with Crippen molar-refractivity contribution < 1.29 is 4.79 Å². The van der Waals surface area contributed by atoms with E-state index in [9.17, 15) is 4.79 Å². The van der Waals surface area contributed by atoms with Gasteiger partial charge in [0.05, 0.1) is 6.54 Å². The van der Waals surface area contributed by atoms with Crippen LogP contribution in [0.2, 0.25) is 0 Å². The number of nitrogens with one attached hydrogen (secondary N) is 1. The number of thioether (sulfide) groups is 1. The number of carbonyl (C=O) groups excluding carboxylic acids is 1. The van der Waals surface area contributed by atoms with Gasteiger partial charge in [0, 0.05) is 11.3 Å². The fourth-order valence-corrected chi connectivity index (χ4v) is 3.18. The number of hydrogen-bond donors (Lipinski definition) is 1. The standard InChI is InChI=1S/C14H16N2OS/c17-13(16-14-15-7-8-18-14)12-6-5-10-3-1-2-4-11(10)9-12/h5-6,9H,1-4,7-8H2,(H,15,16,17). The Kier molecular flexibility index (Phi) is 3.37. The molecule has 0 aromatic heterocycles.